The third-order valence-electron chi connectivity index (χ3n) is 2.45. The summed E-state index contributed by atoms with van der Waals surface area (Å²) in [5.41, 5.74) is 3.06. The summed E-state index contributed by atoms with van der Waals surface area (Å²) in [4.78, 5) is 0. The van der Waals surface area contributed by atoms with Crippen molar-refractivity contribution < 1.29 is 0 Å². The molecular weight excluding hydrogens is 220 g/mol. The van der Waals surface area contributed by atoms with E-state index in [0.29, 0.717) is 0 Å². The minimum Gasteiger partial charge on any atom is -0.159 e. The molecule has 0 N–H and O–H groups in total. The van der Waals surface area contributed by atoms with E-state index in [9.17, 15) is 0 Å². The van der Waals surface area contributed by atoms with E-state index in [1.54, 1.807) is 6.20 Å². The Bertz CT molecular complexity index is 483. The highest BCUT2D eigenvalue weighted by atomic mass is 35.5. The largest absolute Gasteiger partial charge is 0.159 e. The second kappa shape index (κ2) is 5.08. The summed E-state index contributed by atoms with van der Waals surface area (Å²) in [6, 6.07) is 9.75. The van der Waals surface area contributed by atoms with Gasteiger partial charge in [0, 0.05) is 11.8 Å². The maximum absolute atomic E-state index is 6.16. The Morgan fingerprint density at radius 1 is 1.19 bits per heavy atom. The number of halogens is 1. The molecule has 0 aliphatic heterocycles. The number of aromatic nitrogens is 2. The summed E-state index contributed by atoms with van der Waals surface area (Å²) in [5.74, 6) is 0. The van der Waals surface area contributed by atoms with Gasteiger partial charge in [-0.15, -0.1) is 0 Å². The van der Waals surface area contributed by atoms with Crippen LogP contribution in [0.25, 0.3) is 11.3 Å². The van der Waals surface area contributed by atoms with Crippen LogP contribution in [0, 0.1) is 0 Å². The average molecular weight is 233 g/mol. The number of benzene rings is 1. The molecule has 2 aromatic rings. The van der Waals surface area contributed by atoms with Crippen molar-refractivity contribution in [3.05, 3.63) is 47.1 Å². The van der Waals surface area contributed by atoms with Crippen LogP contribution >= 0.6 is 11.6 Å². The summed E-state index contributed by atoms with van der Waals surface area (Å²) in [6.45, 7) is 2.15. The van der Waals surface area contributed by atoms with Crippen molar-refractivity contribution in [3.8, 4) is 11.3 Å². The highest BCUT2D eigenvalue weighted by Gasteiger charge is 2.09. The van der Waals surface area contributed by atoms with E-state index < -0.39 is 0 Å². The van der Waals surface area contributed by atoms with Crippen LogP contribution < -0.4 is 0 Å². The highest BCUT2D eigenvalue weighted by Crippen LogP contribution is 2.28. The molecule has 0 bridgehead atoms. The lowest BCUT2D eigenvalue weighted by Crippen LogP contribution is -1.95. The van der Waals surface area contributed by atoms with Gasteiger partial charge in [-0.2, -0.15) is 10.2 Å². The first-order valence-electron chi connectivity index (χ1n) is 5.38. The Kier molecular flexibility index (Phi) is 3.52. The van der Waals surface area contributed by atoms with Crippen molar-refractivity contribution in [3.63, 3.8) is 0 Å². The van der Waals surface area contributed by atoms with Gasteiger partial charge in [-0.25, -0.2) is 0 Å². The van der Waals surface area contributed by atoms with Gasteiger partial charge in [-0.1, -0.05) is 43.1 Å². The predicted octanol–water partition coefficient (Wildman–Crippen LogP) is 3.75. The highest BCUT2D eigenvalue weighted by molar-refractivity contribution is 6.33. The third kappa shape index (κ3) is 2.22. The van der Waals surface area contributed by atoms with Crippen LogP contribution in [-0.2, 0) is 6.42 Å². The fourth-order valence-electron chi connectivity index (χ4n) is 1.71. The van der Waals surface area contributed by atoms with Crippen LogP contribution in [-0.4, -0.2) is 10.2 Å². The fourth-order valence-corrected chi connectivity index (χ4v) is 1.93. The van der Waals surface area contributed by atoms with Crippen molar-refractivity contribution in [2.45, 2.75) is 19.8 Å². The monoisotopic (exact) mass is 232 g/mol. The quantitative estimate of drug-likeness (QED) is 0.806. The minimum atomic E-state index is 0.723. The molecule has 0 saturated carbocycles. The molecule has 2 nitrogen and oxygen atoms in total. The number of aryl methyl sites for hydroxylation is 1. The molecular formula is C13H13ClN2. The van der Waals surface area contributed by atoms with Gasteiger partial charge >= 0.3 is 0 Å². The van der Waals surface area contributed by atoms with Crippen molar-refractivity contribution in [1.82, 2.24) is 10.2 Å². The minimum absolute atomic E-state index is 0.723. The lowest BCUT2D eigenvalue weighted by atomic mass is 10.0. The molecule has 0 aliphatic rings. The van der Waals surface area contributed by atoms with Gasteiger partial charge in [0.1, 0.15) is 0 Å². The Labute approximate surface area is 100 Å². The number of rotatable bonds is 3. The van der Waals surface area contributed by atoms with Crippen LogP contribution in [0.2, 0.25) is 5.02 Å². The van der Waals surface area contributed by atoms with E-state index in [1.807, 2.05) is 30.3 Å². The fraction of sp³-hybridized carbons (Fsp3) is 0.231. The van der Waals surface area contributed by atoms with Crippen molar-refractivity contribution in [1.29, 1.82) is 0 Å². The molecule has 0 spiro atoms. The second-order valence-electron chi connectivity index (χ2n) is 3.63. The number of hydrogen-bond acceptors (Lipinski definition) is 2. The van der Waals surface area contributed by atoms with Gasteiger partial charge in [0.2, 0.25) is 0 Å². The topological polar surface area (TPSA) is 25.8 Å². The van der Waals surface area contributed by atoms with E-state index >= 15 is 0 Å². The first kappa shape index (κ1) is 11.1. The van der Waals surface area contributed by atoms with Gasteiger partial charge in [0.15, 0.2) is 0 Å². The standard InChI is InChI=1S/C13H13ClN2/c1-2-5-10-8-9-15-16-13(10)11-6-3-4-7-12(11)14/h3-4,6-9H,2,5H2,1H3. The van der Waals surface area contributed by atoms with Crippen LogP contribution in [0.5, 0.6) is 0 Å². The average Bonchev–Trinajstić information content (AvgIpc) is 2.31. The Morgan fingerprint density at radius 3 is 2.75 bits per heavy atom. The lowest BCUT2D eigenvalue weighted by Gasteiger charge is -2.07. The lowest BCUT2D eigenvalue weighted by molar-refractivity contribution is 0.897. The molecule has 2 rings (SSSR count). The van der Waals surface area contributed by atoms with Crippen molar-refractivity contribution in [2.24, 2.45) is 0 Å². The Morgan fingerprint density at radius 2 is 2.00 bits per heavy atom. The Hall–Kier alpha value is -1.41. The van der Waals surface area contributed by atoms with E-state index in [2.05, 4.69) is 17.1 Å². The molecule has 1 heterocycles. The Balaban J connectivity index is 2.51. The molecule has 0 amide bonds. The maximum Gasteiger partial charge on any atom is 0.0976 e. The molecule has 16 heavy (non-hydrogen) atoms. The van der Waals surface area contributed by atoms with E-state index in [4.69, 9.17) is 11.6 Å². The molecule has 0 saturated heterocycles. The van der Waals surface area contributed by atoms with E-state index in [-0.39, 0.29) is 0 Å². The SMILES string of the molecule is CCCc1ccnnc1-c1ccccc1Cl. The van der Waals surface area contributed by atoms with E-state index in [0.717, 1.165) is 29.1 Å². The maximum atomic E-state index is 6.16. The number of nitrogens with zero attached hydrogens (tertiary/aromatic N) is 2. The second-order valence-corrected chi connectivity index (χ2v) is 4.04. The zero-order valence-corrected chi connectivity index (χ0v) is 9.91. The molecule has 0 atom stereocenters. The third-order valence-corrected chi connectivity index (χ3v) is 2.78. The van der Waals surface area contributed by atoms with Gasteiger partial charge in [-0.3, -0.25) is 0 Å². The molecule has 1 aromatic heterocycles. The zero-order valence-electron chi connectivity index (χ0n) is 9.15. The summed E-state index contributed by atoms with van der Waals surface area (Å²) in [7, 11) is 0. The smallest absolute Gasteiger partial charge is 0.0976 e. The van der Waals surface area contributed by atoms with Crippen molar-refractivity contribution >= 4 is 11.6 Å². The summed E-state index contributed by atoms with van der Waals surface area (Å²) in [6.07, 6.45) is 3.81. The summed E-state index contributed by atoms with van der Waals surface area (Å²) < 4.78 is 0. The zero-order chi connectivity index (χ0) is 11.4. The van der Waals surface area contributed by atoms with Crippen LogP contribution in [0.3, 0.4) is 0 Å². The predicted molar refractivity (Wildman–Crippen MR) is 66.5 cm³/mol. The summed E-state index contributed by atoms with van der Waals surface area (Å²) in [5, 5.41) is 8.85. The van der Waals surface area contributed by atoms with Gasteiger partial charge in [0.05, 0.1) is 10.7 Å². The molecule has 1 aromatic carbocycles. The summed E-state index contributed by atoms with van der Waals surface area (Å²) >= 11 is 6.16. The van der Waals surface area contributed by atoms with Gasteiger partial charge < -0.3 is 0 Å². The van der Waals surface area contributed by atoms with Gasteiger partial charge in [0.25, 0.3) is 0 Å². The number of hydrogen-bond donors (Lipinski definition) is 0. The molecule has 0 aliphatic carbocycles. The molecule has 3 heteroatoms. The van der Waals surface area contributed by atoms with Crippen LogP contribution in [0.4, 0.5) is 0 Å². The molecule has 0 radical (unpaired) electrons. The van der Waals surface area contributed by atoms with Crippen molar-refractivity contribution in [2.75, 3.05) is 0 Å². The molecule has 0 fully saturated rings. The first-order valence-corrected chi connectivity index (χ1v) is 5.76. The normalized spacial score (nSPS) is 10.4. The first-order chi connectivity index (χ1) is 7.83. The van der Waals surface area contributed by atoms with E-state index in [1.165, 1.54) is 5.56 Å². The molecule has 0 unspecified atom stereocenters. The van der Waals surface area contributed by atoms with Crippen LogP contribution in [0.1, 0.15) is 18.9 Å². The van der Waals surface area contributed by atoms with Gasteiger partial charge in [-0.05, 0) is 24.1 Å². The molecule has 82 valence electrons. The van der Waals surface area contributed by atoms with Crippen LogP contribution in [0.15, 0.2) is 36.5 Å².